The molecular weight excluding hydrogens is 178 g/mol. The maximum absolute atomic E-state index is 9.09. The van der Waals surface area contributed by atoms with Crippen molar-refractivity contribution in [3.63, 3.8) is 0 Å². The molecule has 0 aromatic carbocycles. The first-order valence-corrected chi connectivity index (χ1v) is 5.60. The average molecular weight is 201 g/mol. The van der Waals surface area contributed by atoms with Crippen molar-refractivity contribution in [2.24, 2.45) is 11.3 Å². The van der Waals surface area contributed by atoms with Crippen LogP contribution in [0.15, 0.2) is 0 Å². The first kappa shape index (κ1) is 12.0. The van der Waals surface area contributed by atoms with Crippen LogP contribution in [-0.4, -0.2) is 36.0 Å². The second-order valence-corrected chi connectivity index (χ2v) is 4.90. The second kappa shape index (κ2) is 5.10. The van der Waals surface area contributed by atoms with E-state index in [-0.39, 0.29) is 18.6 Å². The summed E-state index contributed by atoms with van der Waals surface area (Å²) in [6, 6.07) is 0.632. The Balaban J connectivity index is 2.15. The summed E-state index contributed by atoms with van der Waals surface area (Å²) in [5.74, 6) is 0.835. The molecule has 2 atom stereocenters. The van der Waals surface area contributed by atoms with Crippen LogP contribution in [0.2, 0.25) is 0 Å². The fourth-order valence-corrected chi connectivity index (χ4v) is 1.73. The van der Waals surface area contributed by atoms with Gasteiger partial charge in [0.1, 0.15) is 0 Å². The Morgan fingerprint density at radius 1 is 1.36 bits per heavy atom. The van der Waals surface area contributed by atoms with Gasteiger partial charge in [0.2, 0.25) is 0 Å². The van der Waals surface area contributed by atoms with E-state index in [1.54, 1.807) is 0 Å². The molecular formula is C11H23NO2. The fourth-order valence-electron chi connectivity index (χ4n) is 1.73. The molecule has 1 saturated carbocycles. The van der Waals surface area contributed by atoms with Crippen LogP contribution in [0.25, 0.3) is 0 Å². The topological polar surface area (TPSA) is 52.5 Å². The van der Waals surface area contributed by atoms with Crippen LogP contribution in [0.3, 0.4) is 0 Å². The summed E-state index contributed by atoms with van der Waals surface area (Å²) in [7, 11) is 0. The molecule has 3 N–H and O–H groups in total. The number of rotatable bonds is 7. The van der Waals surface area contributed by atoms with Crippen molar-refractivity contribution in [3.8, 4) is 0 Å². The average Bonchev–Trinajstić information content (AvgIpc) is 2.94. The molecule has 2 unspecified atom stereocenters. The smallest absolute Gasteiger partial charge is 0.0518 e. The Hall–Kier alpha value is -0.120. The maximum Gasteiger partial charge on any atom is 0.0518 e. The molecule has 0 saturated heterocycles. The molecule has 1 aliphatic carbocycles. The molecule has 0 aromatic heterocycles. The van der Waals surface area contributed by atoms with Crippen molar-refractivity contribution < 1.29 is 10.2 Å². The highest BCUT2D eigenvalue weighted by Crippen LogP contribution is 2.34. The fraction of sp³-hybridized carbons (Fsp3) is 1.00. The van der Waals surface area contributed by atoms with Crippen molar-refractivity contribution in [2.75, 3.05) is 19.8 Å². The maximum atomic E-state index is 9.09. The van der Waals surface area contributed by atoms with Gasteiger partial charge >= 0.3 is 0 Å². The molecule has 14 heavy (non-hydrogen) atoms. The predicted octanol–water partition coefficient (Wildman–Crippen LogP) is 0.756. The van der Waals surface area contributed by atoms with E-state index in [1.165, 1.54) is 19.3 Å². The molecule has 0 bridgehead atoms. The molecule has 0 radical (unpaired) electrons. The number of hydrogen-bond acceptors (Lipinski definition) is 3. The van der Waals surface area contributed by atoms with Gasteiger partial charge in [-0.25, -0.2) is 0 Å². The highest BCUT2D eigenvalue weighted by atomic mass is 16.3. The Bertz CT molecular complexity index is 169. The van der Waals surface area contributed by atoms with Gasteiger partial charge in [0.15, 0.2) is 0 Å². The van der Waals surface area contributed by atoms with Crippen LogP contribution in [0, 0.1) is 11.3 Å². The number of hydrogen-bond donors (Lipinski definition) is 3. The first-order valence-electron chi connectivity index (χ1n) is 5.60. The third-order valence-corrected chi connectivity index (χ3v) is 3.14. The third kappa shape index (κ3) is 3.23. The van der Waals surface area contributed by atoms with E-state index in [4.69, 9.17) is 10.2 Å². The van der Waals surface area contributed by atoms with E-state index in [9.17, 15) is 0 Å². The monoisotopic (exact) mass is 201 g/mol. The lowest BCUT2D eigenvalue weighted by atomic mass is 9.93. The lowest BCUT2D eigenvalue weighted by Gasteiger charge is -2.25. The van der Waals surface area contributed by atoms with Gasteiger partial charge in [-0.3, -0.25) is 0 Å². The molecule has 1 rings (SSSR count). The lowest BCUT2D eigenvalue weighted by Crippen LogP contribution is -2.39. The zero-order chi connectivity index (χ0) is 10.6. The zero-order valence-corrected chi connectivity index (χ0v) is 9.29. The Kier molecular flexibility index (Phi) is 4.35. The van der Waals surface area contributed by atoms with Crippen LogP contribution in [0.5, 0.6) is 0 Å². The molecule has 0 heterocycles. The van der Waals surface area contributed by atoms with E-state index >= 15 is 0 Å². The second-order valence-electron chi connectivity index (χ2n) is 4.90. The van der Waals surface area contributed by atoms with Gasteiger partial charge in [0.25, 0.3) is 0 Å². The van der Waals surface area contributed by atoms with Crippen LogP contribution in [-0.2, 0) is 0 Å². The van der Waals surface area contributed by atoms with E-state index in [1.807, 2.05) is 6.92 Å². The van der Waals surface area contributed by atoms with Crippen LogP contribution < -0.4 is 5.32 Å². The molecule has 1 aliphatic rings. The van der Waals surface area contributed by atoms with Gasteiger partial charge in [-0.05, 0) is 18.8 Å². The number of aliphatic hydroxyl groups excluding tert-OH is 2. The van der Waals surface area contributed by atoms with Crippen molar-refractivity contribution in [1.82, 2.24) is 5.32 Å². The zero-order valence-electron chi connectivity index (χ0n) is 9.29. The minimum atomic E-state index is -0.362. The van der Waals surface area contributed by atoms with Crippen molar-refractivity contribution in [3.05, 3.63) is 0 Å². The normalized spacial score (nSPS) is 26.6. The van der Waals surface area contributed by atoms with Crippen molar-refractivity contribution in [2.45, 2.75) is 39.2 Å². The summed E-state index contributed by atoms with van der Waals surface area (Å²) in [6.07, 6.45) is 3.81. The Morgan fingerprint density at radius 3 is 2.50 bits per heavy atom. The minimum Gasteiger partial charge on any atom is -0.396 e. The summed E-state index contributed by atoms with van der Waals surface area (Å²) < 4.78 is 0. The van der Waals surface area contributed by atoms with E-state index in [2.05, 4.69) is 12.2 Å². The van der Waals surface area contributed by atoms with Gasteiger partial charge in [0, 0.05) is 18.0 Å². The van der Waals surface area contributed by atoms with Gasteiger partial charge in [-0.15, -0.1) is 0 Å². The highest BCUT2D eigenvalue weighted by molar-refractivity contribution is 4.94. The summed E-state index contributed by atoms with van der Waals surface area (Å²) in [5.41, 5.74) is -0.362. The van der Waals surface area contributed by atoms with Crippen molar-refractivity contribution >= 4 is 0 Å². The summed E-state index contributed by atoms with van der Waals surface area (Å²) in [6.45, 7) is 4.91. The van der Waals surface area contributed by atoms with Gasteiger partial charge in [-0.2, -0.15) is 0 Å². The van der Waals surface area contributed by atoms with Crippen LogP contribution in [0.4, 0.5) is 0 Å². The molecule has 0 spiro atoms. The quantitative estimate of drug-likeness (QED) is 0.570. The Morgan fingerprint density at radius 2 is 2.00 bits per heavy atom. The molecule has 3 heteroatoms. The third-order valence-electron chi connectivity index (χ3n) is 3.14. The minimum absolute atomic E-state index is 0.0433. The van der Waals surface area contributed by atoms with Gasteiger partial charge in [-0.1, -0.05) is 20.3 Å². The largest absolute Gasteiger partial charge is 0.396 e. The van der Waals surface area contributed by atoms with Gasteiger partial charge in [0.05, 0.1) is 13.2 Å². The molecule has 0 aromatic rings. The van der Waals surface area contributed by atoms with Crippen molar-refractivity contribution in [1.29, 1.82) is 0 Å². The van der Waals surface area contributed by atoms with Gasteiger partial charge < -0.3 is 15.5 Å². The summed E-state index contributed by atoms with van der Waals surface area (Å²) in [5, 5.41) is 21.6. The number of nitrogens with one attached hydrogen (secondary N) is 1. The van der Waals surface area contributed by atoms with E-state index in [0.717, 1.165) is 5.92 Å². The van der Waals surface area contributed by atoms with Crippen LogP contribution in [0.1, 0.15) is 33.1 Å². The Labute approximate surface area is 86.5 Å². The SMILES string of the molecule is CCCC1CC1NCC(C)(CO)CO. The molecule has 84 valence electrons. The molecule has 1 fully saturated rings. The predicted molar refractivity (Wildman–Crippen MR) is 57.1 cm³/mol. The van der Waals surface area contributed by atoms with E-state index in [0.29, 0.717) is 12.6 Å². The summed E-state index contributed by atoms with van der Waals surface area (Å²) in [4.78, 5) is 0. The lowest BCUT2D eigenvalue weighted by molar-refractivity contribution is 0.0692. The molecule has 0 aliphatic heterocycles. The van der Waals surface area contributed by atoms with Crippen LogP contribution >= 0.6 is 0 Å². The number of aliphatic hydroxyl groups is 2. The first-order chi connectivity index (χ1) is 6.65. The highest BCUT2D eigenvalue weighted by Gasteiger charge is 2.37. The summed E-state index contributed by atoms with van der Waals surface area (Å²) >= 11 is 0. The standard InChI is InChI=1S/C11H23NO2/c1-3-4-9-5-10(9)12-6-11(2,7-13)8-14/h9-10,12-14H,3-8H2,1-2H3. The molecule has 0 amide bonds. The molecule has 3 nitrogen and oxygen atoms in total. The van der Waals surface area contributed by atoms with E-state index < -0.39 is 0 Å².